The smallest absolute Gasteiger partial charge is 0.146 e. The van der Waals surface area contributed by atoms with E-state index in [1.54, 1.807) is 21.1 Å². The highest BCUT2D eigenvalue weighted by atomic mass is 16.5. The van der Waals surface area contributed by atoms with Gasteiger partial charge >= 0.3 is 0 Å². The van der Waals surface area contributed by atoms with E-state index in [9.17, 15) is 4.79 Å². The van der Waals surface area contributed by atoms with Gasteiger partial charge in [0.2, 0.25) is 0 Å². The number of hydrogen-bond donors (Lipinski definition) is 0. The van der Waals surface area contributed by atoms with Crippen molar-refractivity contribution in [1.82, 2.24) is 4.90 Å². The Morgan fingerprint density at radius 3 is 2.38 bits per heavy atom. The molecule has 0 amide bonds. The van der Waals surface area contributed by atoms with Crippen LogP contribution in [0.3, 0.4) is 0 Å². The summed E-state index contributed by atoms with van der Waals surface area (Å²) in [5, 5.41) is 0. The molecule has 0 aromatic heterocycles. The minimum absolute atomic E-state index is 0.0236. The summed E-state index contributed by atoms with van der Waals surface area (Å²) in [6.07, 6.45) is 3.22. The number of ketones is 1. The molecule has 0 radical (unpaired) electrons. The van der Waals surface area contributed by atoms with Crippen molar-refractivity contribution in [2.45, 2.75) is 65.0 Å². The first kappa shape index (κ1) is 18.8. The Morgan fingerprint density at radius 1 is 1.17 bits per heavy atom. The summed E-state index contributed by atoms with van der Waals surface area (Å²) in [5.41, 5.74) is 2.19. The molecule has 0 saturated carbocycles. The van der Waals surface area contributed by atoms with E-state index in [4.69, 9.17) is 9.47 Å². The van der Waals surface area contributed by atoms with E-state index in [0.717, 1.165) is 48.4 Å². The summed E-state index contributed by atoms with van der Waals surface area (Å²) in [7, 11) is 3.41. The second-order valence-electron chi connectivity index (χ2n) is 7.71. The monoisotopic (exact) mass is 333 g/mol. The number of benzene rings is 1. The van der Waals surface area contributed by atoms with Gasteiger partial charge in [-0.3, -0.25) is 9.69 Å². The second-order valence-corrected chi connectivity index (χ2v) is 7.71. The Morgan fingerprint density at radius 2 is 1.83 bits per heavy atom. The average molecular weight is 333 g/mol. The number of ether oxygens (including phenoxy) is 2. The normalized spacial score (nSPS) is 19.2. The van der Waals surface area contributed by atoms with Gasteiger partial charge in [-0.05, 0) is 43.9 Å². The highest BCUT2D eigenvalue weighted by Crippen LogP contribution is 2.37. The van der Waals surface area contributed by atoms with E-state index in [2.05, 4.69) is 37.8 Å². The van der Waals surface area contributed by atoms with Gasteiger partial charge in [-0.15, -0.1) is 0 Å². The number of carbonyl (C=O) groups excluding carboxylic acids is 1. The summed E-state index contributed by atoms with van der Waals surface area (Å²) in [5.74, 6) is 2.01. The largest absolute Gasteiger partial charge is 0.496 e. The van der Waals surface area contributed by atoms with Crippen LogP contribution in [0, 0.1) is 0 Å². The molecule has 134 valence electrons. The topological polar surface area (TPSA) is 38.8 Å². The van der Waals surface area contributed by atoms with E-state index in [1.165, 1.54) is 0 Å². The molecule has 0 spiro atoms. The molecular weight excluding hydrogens is 302 g/mol. The standard InChI is InChI=1S/C20H31NO3/c1-14(22)17-9-7-8-10-21(17)13-15-11-19(24-6)16(20(2,3)4)12-18(15)23-5/h11-12,17H,7-10,13H2,1-6H3/t17-/m0/s1. The van der Waals surface area contributed by atoms with Gasteiger partial charge < -0.3 is 9.47 Å². The van der Waals surface area contributed by atoms with Crippen LogP contribution in [0.5, 0.6) is 11.5 Å². The van der Waals surface area contributed by atoms with Gasteiger partial charge in [0.1, 0.15) is 17.3 Å². The van der Waals surface area contributed by atoms with Gasteiger partial charge in [-0.25, -0.2) is 0 Å². The van der Waals surface area contributed by atoms with Crippen LogP contribution < -0.4 is 9.47 Å². The van der Waals surface area contributed by atoms with Crippen LogP contribution in [0.2, 0.25) is 0 Å². The Balaban J connectivity index is 2.37. The zero-order valence-electron chi connectivity index (χ0n) is 15.9. The van der Waals surface area contributed by atoms with Gasteiger partial charge in [0, 0.05) is 17.7 Å². The molecule has 0 N–H and O–H groups in total. The lowest BCUT2D eigenvalue weighted by molar-refractivity contribution is -0.123. The quantitative estimate of drug-likeness (QED) is 0.818. The van der Waals surface area contributed by atoms with Crippen LogP contribution in [0.25, 0.3) is 0 Å². The van der Waals surface area contributed by atoms with Crippen LogP contribution in [0.15, 0.2) is 12.1 Å². The Labute approximate surface area is 146 Å². The fourth-order valence-electron chi connectivity index (χ4n) is 3.53. The van der Waals surface area contributed by atoms with Crippen LogP contribution in [0.1, 0.15) is 58.1 Å². The summed E-state index contributed by atoms with van der Waals surface area (Å²) in [6, 6.07) is 4.18. The first-order valence-corrected chi connectivity index (χ1v) is 8.77. The van der Waals surface area contributed by atoms with E-state index in [0.29, 0.717) is 6.54 Å². The van der Waals surface area contributed by atoms with Crippen molar-refractivity contribution in [1.29, 1.82) is 0 Å². The van der Waals surface area contributed by atoms with Gasteiger partial charge in [0.05, 0.1) is 20.3 Å². The van der Waals surface area contributed by atoms with E-state index < -0.39 is 0 Å². The predicted molar refractivity (Wildman–Crippen MR) is 97.0 cm³/mol. The van der Waals surface area contributed by atoms with Crippen molar-refractivity contribution >= 4 is 5.78 Å². The third kappa shape index (κ3) is 4.10. The molecule has 1 saturated heterocycles. The van der Waals surface area contributed by atoms with Crippen molar-refractivity contribution in [2.24, 2.45) is 0 Å². The zero-order valence-corrected chi connectivity index (χ0v) is 15.9. The zero-order chi connectivity index (χ0) is 17.9. The molecule has 1 aliphatic rings. The third-order valence-electron chi connectivity index (χ3n) is 4.87. The third-order valence-corrected chi connectivity index (χ3v) is 4.87. The van der Waals surface area contributed by atoms with E-state index >= 15 is 0 Å². The van der Waals surface area contributed by atoms with Crippen LogP contribution >= 0.6 is 0 Å². The lowest BCUT2D eigenvalue weighted by Crippen LogP contribution is -2.43. The SMILES string of the molecule is COc1cc(C(C)(C)C)c(OC)cc1CN1CCCC[C@H]1C(C)=O. The van der Waals surface area contributed by atoms with E-state index in [1.807, 2.05) is 0 Å². The average Bonchev–Trinajstić information content (AvgIpc) is 2.53. The minimum atomic E-state index is -0.0236. The molecule has 0 bridgehead atoms. The lowest BCUT2D eigenvalue weighted by Gasteiger charge is -2.34. The molecular formula is C20H31NO3. The number of rotatable bonds is 5. The van der Waals surface area contributed by atoms with Crippen molar-refractivity contribution in [3.63, 3.8) is 0 Å². The van der Waals surface area contributed by atoms with Crippen LogP contribution in [-0.4, -0.2) is 37.5 Å². The first-order chi connectivity index (χ1) is 11.3. The van der Waals surface area contributed by atoms with Gasteiger partial charge in [-0.2, -0.15) is 0 Å². The summed E-state index contributed by atoms with van der Waals surface area (Å²) >= 11 is 0. The second kappa shape index (κ2) is 7.56. The first-order valence-electron chi connectivity index (χ1n) is 8.77. The maximum Gasteiger partial charge on any atom is 0.146 e. The summed E-state index contributed by atoms with van der Waals surface area (Å²) in [6.45, 7) is 9.87. The highest BCUT2D eigenvalue weighted by molar-refractivity contribution is 5.81. The Bertz CT molecular complexity index is 589. The molecule has 1 aliphatic heterocycles. The molecule has 1 aromatic rings. The molecule has 1 heterocycles. The fourth-order valence-corrected chi connectivity index (χ4v) is 3.53. The molecule has 1 fully saturated rings. The molecule has 24 heavy (non-hydrogen) atoms. The number of nitrogens with zero attached hydrogens (tertiary/aromatic N) is 1. The molecule has 0 aliphatic carbocycles. The van der Waals surface area contributed by atoms with Gasteiger partial charge in [0.25, 0.3) is 0 Å². The number of piperidine rings is 1. The molecule has 4 heteroatoms. The Hall–Kier alpha value is -1.55. The Kier molecular flexibility index (Phi) is 5.92. The van der Waals surface area contributed by atoms with Crippen LogP contribution in [0.4, 0.5) is 0 Å². The molecule has 0 unspecified atom stereocenters. The molecule has 1 atom stereocenters. The minimum Gasteiger partial charge on any atom is -0.496 e. The number of carbonyl (C=O) groups is 1. The number of methoxy groups -OCH3 is 2. The van der Waals surface area contributed by atoms with Crippen molar-refractivity contribution in [3.05, 3.63) is 23.3 Å². The lowest BCUT2D eigenvalue weighted by atomic mass is 9.85. The predicted octanol–water partition coefficient (Wildman–Crippen LogP) is 3.94. The van der Waals surface area contributed by atoms with E-state index in [-0.39, 0.29) is 17.2 Å². The summed E-state index contributed by atoms with van der Waals surface area (Å²) < 4.78 is 11.3. The fraction of sp³-hybridized carbons (Fsp3) is 0.650. The molecule has 4 nitrogen and oxygen atoms in total. The van der Waals surface area contributed by atoms with Crippen molar-refractivity contribution in [3.8, 4) is 11.5 Å². The molecule has 2 rings (SSSR count). The number of Topliss-reactive ketones (excluding diaryl/α,β-unsaturated/α-hetero) is 1. The van der Waals surface area contributed by atoms with Crippen molar-refractivity contribution < 1.29 is 14.3 Å². The van der Waals surface area contributed by atoms with Gasteiger partial charge in [0.15, 0.2) is 0 Å². The summed E-state index contributed by atoms with van der Waals surface area (Å²) in [4.78, 5) is 14.2. The van der Waals surface area contributed by atoms with Crippen molar-refractivity contribution in [2.75, 3.05) is 20.8 Å². The maximum atomic E-state index is 12.0. The molecule has 1 aromatic carbocycles. The van der Waals surface area contributed by atoms with Gasteiger partial charge in [-0.1, -0.05) is 27.2 Å². The number of hydrogen-bond acceptors (Lipinski definition) is 4. The number of likely N-dealkylation sites (tertiary alicyclic amines) is 1. The van der Waals surface area contributed by atoms with Crippen LogP contribution in [-0.2, 0) is 16.8 Å². The maximum absolute atomic E-state index is 12.0. The highest BCUT2D eigenvalue weighted by Gasteiger charge is 2.28.